The van der Waals surface area contributed by atoms with E-state index in [0.29, 0.717) is 36.8 Å². The quantitative estimate of drug-likeness (QED) is 0.320. The third-order valence-corrected chi connectivity index (χ3v) is 14.5. The number of likely N-dealkylation sites (tertiary alicyclic amines) is 1. The molecule has 1 heterocycles. The number of rotatable bonds is 2. The molecule has 0 unspecified atom stereocenters. The molecule has 0 bridgehead atoms. The van der Waals surface area contributed by atoms with Gasteiger partial charge in [0, 0.05) is 19.0 Å². The number of fused-ring (bicyclic) bond motifs is 7. The van der Waals surface area contributed by atoms with E-state index in [1.807, 2.05) is 4.90 Å². The maximum atomic E-state index is 14.2. The smallest absolute Gasteiger partial charge is 0.229 e. The van der Waals surface area contributed by atoms with Crippen molar-refractivity contribution >= 4 is 12.2 Å². The summed E-state index contributed by atoms with van der Waals surface area (Å²) >= 11 is 0. The second-order valence-electron chi connectivity index (χ2n) is 16.8. The molecule has 4 heteroatoms. The molecule has 38 heavy (non-hydrogen) atoms. The Labute approximate surface area is 231 Å². The summed E-state index contributed by atoms with van der Waals surface area (Å²) in [5, 5.41) is 10.00. The summed E-state index contributed by atoms with van der Waals surface area (Å²) in [4.78, 5) is 28.2. The van der Waals surface area contributed by atoms with Crippen LogP contribution in [0.15, 0.2) is 11.6 Å². The molecule has 1 amide bonds. The average molecular weight is 524 g/mol. The molecule has 0 spiro atoms. The van der Waals surface area contributed by atoms with Crippen LogP contribution in [-0.4, -0.2) is 41.4 Å². The summed E-state index contributed by atoms with van der Waals surface area (Å²) in [6, 6.07) is 0. The van der Waals surface area contributed by atoms with Crippen LogP contribution in [0.25, 0.3) is 0 Å². The van der Waals surface area contributed by atoms with Gasteiger partial charge >= 0.3 is 0 Å². The van der Waals surface area contributed by atoms with Gasteiger partial charge in [-0.25, -0.2) is 0 Å². The highest BCUT2D eigenvalue weighted by Crippen LogP contribution is 2.76. The van der Waals surface area contributed by atoms with Crippen molar-refractivity contribution in [3.63, 3.8) is 0 Å². The summed E-state index contributed by atoms with van der Waals surface area (Å²) in [5.41, 5.74) is 2.24. The minimum Gasteiger partial charge on any atom is -0.389 e. The zero-order chi connectivity index (χ0) is 27.5. The normalized spacial score (nSPS) is 49.4. The molecule has 5 aliphatic carbocycles. The van der Waals surface area contributed by atoms with Gasteiger partial charge in [0.2, 0.25) is 5.91 Å². The lowest BCUT2D eigenvalue weighted by Crippen LogP contribution is -2.66. The zero-order valence-corrected chi connectivity index (χ0v) is 25.2. The highest BCUT2D eigenvalue weighted by atomic mass is 16.3. The first-order chi connectivity index (χ1) is 17.6. The summed E-state index contributed by atoms with van der Waals surface area (Å²) in [6.45, 7) is 18.4. The number of aliphatic hydroxyl groups excluding tert-OH is 1. The summed E-state index contributed by atoms with van der Waals surface area (Å²) in [7, 11) is 0. The Bertz CT molecular complexity index is 1050. The second-order valence-corrected chi connectivity index (χ2v) is 16.8. The minimum atomic E-state index is -0.342. The van der Waals surface area contributed by atoms with E-state index in [2.05, 4.69) is 54.5 Å². The predicted octanol–water partition coefficient (Wildman–Crippen LogP) is 6.81. The molecule has 1 saturated heterocycles. The van der Waals surface area contributed by atoms with E-state index in [1.165, 1.54) is 25.5 Å². The molecular formula is C34H53NO3. The number of aldehydes is 1. The van der Waals surface area contributed by atoms with Crippen LogP contribution in [0.1, 0.15) is 113 Å². The third-order valence-electron chi connectivity index (χ3n) is 14.5. The van der Waals surface area contributed by atoms with Crippen molar-refractivity contribution in [2.75, 3.05) is 13.1 Å². The Morgan fingerprint density at radius 2 is 1.61 bits per heavy atom. The SMILES string of the molecule is CC1(C)CC[C@]2(C(=O)N3CC(O)C3)CC[C@]3(C)C(=CC[C@@H]4[C@@]5(C)CC[C@H](C=O)C(C)(C)[C@@H]5CC[C@]43C)[C@@H]2C1. The van der Waals surface area contributed by atoms with Crippen molar-refractivity contribution in [2.24, 2.45) is 56.2 Å². The van der Waals surface area contributed by atoms with Gasteiger partial charge in [-0.3, -0.25) is 4.79 Å². The van der Waals surface area contributed by atoms with Gasteiger partial charge in [-0.05, 0) is 109 Å². The van der Waals surface area contributed by atoms with E-state index in [1.54, 1.807) is 5.57 Å². The van der Waals surface area contributed by atoms with Crippen LogP contribution >= 0.6 is 0 Å². The van der Waals surface area contributed by atoms with E-state index in [0.717, 1.165) is 44.9 Å². The number of hydrogen-bond acceptors (Lipinski definition) is 3. The van der Waals surface area contributed by atoms with Crippen LogP contribution < -0.4 is 0 Å². The molecule has 1 N–H and O–H groups in total. The Hall–Kier alpha value is -1.16. The van der Waals surface area contributed by atoms with Crippen LogP contribution in [0.2, 0.25) is 0 Å². The largest absolute Gasteiger partial charge is 0.389 e. The highest BCUT2D eigenvalue weighted by Gasteiger charge is 2.69. The van der Waals surface area contributed by atoms with Crippen LogP contribution in [0.4, 0.5) is 0 Å². The van der Waals surface area contributed by atoms with Crippen molar-refractivity contribution in [3.05, 3.63) is 11.6 Å². The van der Waals surface area contributed by atoms with E-state index in [-0.39, 0.29) is 44.5 Å². The standard InChI is InChI=1S/C34H53NO3/c1-29(2)14-16-34(28(38)35-19-23(37)20-35)17-15-32(6)24(25(34)18-29)8-9-27-31(5)12-10-22(21-36)30(3,4)26(31)11-13-33(27,32)7/h8,21-23,25-27,37H,9-20H2,1-7H3/t22-,25+,26+,27-,31+,32-,33-,34+/m1/s1. The molecule has 212 valence electrons. The first-order valence-corrected chi connectivity index (χ1v) is 15.8. The predicted molar refractivity (Wildman–Crippen MR) is 151 cm³/mol. The van der Waals surface area contributed by atoms with Crippen molar-refractivity contribution < 1.29 is 14.7 Å². The van der Waals surface area contributed by atoms with Gasteiger partial charge in [0.1, 0.15) is 6.29 Å². The topological polar surface area (TPSA) is 57.6 Å². The van der Waals surface area contributed by atoms with E-state index >= 15 is 0 Å². The van der Waals surface area contributed by atoms with Crippen LogP contribution in [0.3, 0.4) is 0 Å². The van der Waals surface area contributed by atoms with Crippen LogP contribution in [0, 0.1) is 56.2 Å². The highest BCUT2D eigenvalue weighted by molar-refractivity contribution is 5.85. The molecule has 0 aromatic rings. The van der Waals surface area contributed by atoms with Crippen molar-refractivity contribution in [2.45, 2.75) is 119 Å². The molecular weight excluding hydrogens is 470 g/mol. The Balaban J connectivity index is 1.40. The fourth-order valence-electron chi connectivity index (χ4n) is 11.8. The molecule has 5 fully saturated rings. The first kappa shape index (κ1) is 27.0. The number of β-amino-alcohol motifs (C(OH)–C–C–N with tert-alkyl or cyclic N) is 1. The van der Waals surface area contributed by atoms with Gasteiger partial charge in [-0.15, -0.1) is 0 Å². The van der Waals surface area contributed by atoms with E-state index < -0.39 is 0 Å². The fraction of sp³-hybridized carbons (Fsp3) is 0.882. The monoisotopic (exact) mass is 523 g/mol. The van der Waals surface area contributed by atoms with Gasteiger partial charge in [0.25, 0.3) is 0 Å². The molecule has 0 radical (unpaired) electrons. The van der Waals surface area contributed by atoms with Gasteiger partial charge in [0.15, 0.2) is 0 Å². The van der Waals surface area contributed by atoms with Crippen LogP contribution in [-0.2, 0) is 9.59 Å². The van der Waals surface area contributed by atoms with E-state index in [9.17, 15) is 14.7 Å². The van der Waals surface area contributed by atoms with Crippen molar-refractivity contribution in [1.29, 1.82) is 0 Å². The van der Waals surface area contributed by atoms with Gasteiger partial charge in [-0.1, -0.05) is 60.1 Å². The molecule has 1 aliphatic heterocycles. The summed E-state index contributed by atoms with van der Waals surface area (Å²) < 4.78 is 0. The van der Waals surface area contributed by atoms with Crippen molar-refractivity contribution in [1.82, 2.24) is 4.90 Å². The van der Waals surface area contributed by atoms with E-state index in [4.69, 9.17) is 0 Å². The lowest BCUT2D eigenvalue weighted by atomic mass is 9.33. The molecule has 6 aliphatic rings. The number of amides is 1. The third kappa shape index (κ3) is 3.31. The molecule has 4 nitrogen and oxygen atoms in total. The minimum absolute atomic E-state index is 0.0598. The number of nitrogens with zero attached hydrogens (tertiary/aromatic N) is 1. The number of aliphatic hydroxyl groups is 1. The summed E-state index contributed by atoms with van der Waals surface area (Å²) in [5.74, 6) is 2.05. The lowest BCUT2D eigenvalue weighted by Gasteiger charge is -2.71. The molecule has 8 atom stereocenters. The molecule has 6 rings (SSSR count). The lowest BCUT2D eigenvalue weighted by molar-refractivity contribution is -0.195. The first-order valence-electron chi connectivity index (χ1n) is 15.8. The van der Waals surface area contributed by atoms with Crippen LogP contribution in [0.5, 0.6) is 0 Å². The maximum Gasteiger partial charge on any atom is 0.229 e. The fourth-order valence-corrected chi connectivity index (χ4v) is 11.8. The number of carbonyl (C=O) groups is 2. The maximum absolute atomic E-state index is 14.2. The number of hydrogen-bond donors (Lipinski definition) is 1. The second kappa shape index (κ2) is 8.20. The van der Waals surface area contributed by atoms with Gasteiger partial charge in [0.05, 0.1) is 11.5 Å². The number of carbonyl (C=O) groups excluding carboxylic acids is 2. The zero-order valence-electron chi connectivity index (χ0n) is 25.2. The summed E-state index contributed by atoms with van der Waals surface area (Å²) in [6.07, 6.45) is 14.6. The molecule has 0 aromatic heterocycles. The van der Waals surface area contributed by atoms with Gasteiger partial charge < -0.3 is 14.8 Å². The Morgan fingerprint density at radius 1 is 0.921 bits per heavy atom. The van der Waals surface area contributed by atoms with Gasteiger partial charge in [-0.2, -0.15) is 0 Å². The number of allylic oxidation sites excluding steroid dienone is 2. The molecule has 0 aromatic carbocycles. The Morgan fingerprint density at radius 3 is 2.26 bits per heavy atom. The van der Waals surface area contributed by atoms with Crippen molar-refractivity contribution in [3.8, 4) is 0 Å². The molecule has 4 saturated carbocycles. The Kier molecular flexibility index (Phi) is 5.83. The average Bonchev–Trinajstić information content (AvgIpc) is 2.81.